The summed E-state index contributed by atoms with van der Waals surface area (Å²) in [6.45, 7) is 0.0658. The molecule has 1 unspecified atom stereocenters. The van der Waals surface area contributed by atoms with Crippen LogP contribution in [0.2, 0.25) is 10.0 Å². The maximum absolute atomic E-state index is 12.3. The van der Waals surface area contributed by atoms with E-state index in [4.69, 9.17) is 23.2 Å². The van der Waals surface area contributed by atoms with Crippen molar-refractivity contribution in [1.82, 2.24) is 10.3 Å². The number of halogens is 2. The number of aromatic amines is 1. The van der Waals surface area contributed by atoms with Gasteiger partial charge in [-0.3, -0.25) is 4.79 Å². The summed E-state index contributed by atoms with van der Waals surface area (Å²) in [4.78, 5) is 15.4. The number of rotatable bonds is 4. The summed E-state index contributed by atoms with van der Waals surface area (Å²) in [7, 11) is 0. The third-order valence-electron chi connectivity index (χ3n) is 3.57. The smallest absolute Gasteiger partial charge is 0.252 e. The van der Waals surface area contributed by atoms with E-state index in [-0.39, 0.29) is 12.5 Å². The Morgan fingerprint density at radius 2 is 1.91 bits per heavy atom. The number of nitrogens with one attached hydrogen (secondary N) is 2. The number of aliphatic hydroxyl groups excluding tert-OH is 1. The molecule has 1 aromatic heterocycles. The zero-order valence-electron chi connectivity index (χ0n) is 12.0. The van der Waals surface area contributed by atoms with Crippen LogP contribution in [-0.2, 0) is 0 Å². The molecule has 23 heavy (non-hydrogen) atoms. The zero-order chi connectivity index (χ0) is 16.4. The maximum Gasteiger partial charge on any atom is 0.252 e. The molecule has 2 aromatic carbocycles. The average molecular weight is 349 g/mol. The number of hydrogen-bond donors (Lipinski definition) is 3. The van der Waals surface area contributed by atoms with Crippen LogP contribution in [0.25, 0.3) is 10.9 Å². The van der Waals surface area contributed by atoms with E-state index in [1.165, 1.54) is 0 Å². The molecule has 0 saturated carbocycles. The van der Waals surface area contributed by atoms with E-state index in [1.54, 1.807) is 36.5 Å². The number of aromatic nitrogens is 1. The van der Waals surface area contributed by atoms with Crippen LogP contribution < -0.4 is 5.32 Å². The van der Waals surface area contributed by atoms with Crippen LogP contribution in [0.4, 0.5) is 0 Å². The monoisotopic (exact) mass is 348 g/mol. The van der Waals surface area contributed by atoms with Crippen molar-refractivity contribution in [3.63, 3.8) is 0 Å². The summed E-state index contributed by atoms with van der Waals surface area (Å²) in [5.74, 6) is -0.248. The van der Waals surface area contributed by atoms with Crippen molar-refractivity contribution in [1.29, 1.82) is 0 Å². The van der Waals surface area contributed by atoms with E-state index in [1.807, 2.05) is 12.1 Å². The van der Waals surface area contributed by atoms with Gasteiger partial charge in [0.25, 0.3) is 5.91 Å². The molecule has 0 bridgehead atoms. The predicted molar refractivity (Wildman–Crippen MR) is 92.1 cm³/mol. The second-order valence-electron chi connectivity index (χ2n) is 5.17. The first kappa shape index (κ1) is 15.9. The molecule has 0 fully saturated rings. The van der Waals surface area contributed by atoms with Crippen molar-refractivity contribution < 1.29 is 9.90 Å². The van der Waals surface area contributed by atoms with Crippen molar-refractivity contribution >= 4 is 40.0 Å². The molecule has 0 aliphatic carbocycles. The Hall–Kier alpha value is -2.01. The first-order chi connectivity index (χ1) is 11.0. The molecule has 1 heterocycles. The van der Waals surface area contributed by atoms with Crippen LogP contribution in [0.5, 0.6) is 0 Å². The number of carbonyl (C=O) groups is 1. The van der Waals surface area contributed by atoms with E-state index < -0.39 is 6.10 Å². The first-order valence-electron chi connectivity index (χ1n) is 7.03. The van der Waals surface area contributed by atoms with Crippen LogP contribution in [0, 0.1) is 0 Å². The van der Waals surface area contributed by atoms with E-state index in [9.17, 15) is 9.90 Å². The molecule has 1 atom stereocenters. The number of carbonyl (C=O) groups excluding carboxylic acids is 1. The van der Waals surface area contributed by atoms with E-state index in [2.05, 4.69) is 10.3 Å². The number of benzene rings is 2. The molecule has 3 rings (SSSR count). The lowest BCUT2D eigenvalue weighted by molar-refractivity contribution is 0.0918. The Bertz CT molecular complexity index is 840. The van der Waals surface area contributed by atoms with Gasteiger partial charge in [0.15, 0.2) is 0 Å². The molecule has 4 nitrogen and oxygen atoms in total. The zero-order valence-corrected chi connectivity index (χ0v) is 13.5. The summed E-state index contributed by atoms with van der Waals surface area (Å²) < 4.78 is 0. The van der Waals surface area contributed by atoms with Gasteiger partial charge in [0, 0.05) is 39.3 Å². The molecule has 3 aromatic rings. The molecule has 118 valence electrons. The molecule has 0 radical (unpaired) electrons. The van der Waals surface area contributed by atoms with Gasteiger partial charge in [-0.2, -0.15) is 0 Å². The summed E-state index contributed by atoms with van der Waals surface area (Å²) in [6, 6.07) is 12.1. The number of aliphatic hydroxyl groups is 1. The minimum Gasteiger partial charge on any atom is -0.387 e. The lowest BCUT2D eigenvalue weighted by Gasteiger charge is -2.13. The Morgan fingerprint density at radius 1 is 1.17 bits per heavy atom. The molecule has 0 saturated heterocycles. The minimum atomic E-state index is -0.888. The minimum absolute atomic E-state index is 0.0658. The summed E-state index contributed by atoms with van der Waals surface area (Å²) in [5.41, 5.74) is 2.00. The Kier molecular flexibility index (Phi) is 4.57. The normalized spacial score (nSPS) is 12.3. The van der Waals surface area contributed by atoms with E-state index in [0.717, 1.165) is 10.9 Å². The highest BCUT2D eigenvalue weighted by Gasteiger charge is 2.14. The highest BCUT2D eigenvalue weighted by Crippen LogP contribution is 2.23. The van der Waals surface area contributed by atoms with Crippen molar-refractivity contribution in [3.8, 4) is 0 Å². The lowest BCUT2D eigenvalue weighted by atomic mass is 10.1. The highest BCUT2D eigenvalue weighted by atomic mass is 35.5. The fourth-order valence-corrected chi connectivity index (χ4v) is 3.00. The summed E-state index contributed by atoms with van der Waals surface area (Å²) in [6.07, 6.45) is 0.894. The number of amides is 1. The lowest BCUT2D eigenvalue weighted by Crippen LogP contribution is -2.28. The molecule has 0 spiro atoms. The number of fused-ring (bicyclic) bond motifs is 1. The van der Waals surface area contributed by atoms with Gasteiger partial charge in [-0.1, -0.05) is 29.3 Å². The first-order valence-corrected chi connectivity index (χ1v) is 7.78. The van der Waals surface area contributed by atoms with E-state index in [0.29, 0.717) is 21.2 Å². The summed E-state index contributed by atoms with van der Waals surface area (Å²) in [5, 5.41) is 14.6. The Balaban J connectivity index is 1.72. The standard InChI is InChI=1S/C17H14Cl2N2O2/c18-11-6-10(7-12(19)8-11)16(22)9-21-17(23)14-2-1-3-15-13(14)4-5-20-15/h1-8,16,20,22H,9H2,(H,21,23). The van der Waals surface area contributed by atoms with Gasteiger partial charge < -0.3 is 15.4 Å². The maximum atomic E-state index is 12.3. The van der Waals surface area contributed by atoms with Gasteiger partial charge in [0.1, 0.15) is 0 Å². The van der Waals surface area contributed by atoms with Crippen molar-refractivity contribution in [3.05, 3.63) is 69.8 Å². The highest BCUT2D eigenvalue weighted by molar-refractivity contribution is 6.34. The average Bonchev–Trinajstić information content (AvgIpc) is 2.99. The third kappa shape index (κ3) is 3.50. The Labute approximate surface area is 143 Å². The molecule has 0 aliphatic rings. The predicted octanol–water partition coefficient (Wildman–Crippen LogP) is 3.94. The van der Waals surface area contributed by atoms with Gasteiger partial charge in [-0.25, -0.2) is 0 Å². The molecule has 6 heteroatoms. The fourth-order valence-electron chi connectivity index (χ4n) is 2.45. The molecule has 0 aliphatic heterocycles. The van der Waals surface area contributed by atoms with E-state index >= 15 is 0 Å². The van der Waals surface area contributed by atoms with Gasteiger partial charge in [-0.05, 0) is 42.0 Å². The van der Waals surface area contributed by atoms with Gasteiger partial charge in [0.2, 0.25) is 0 Å². The van der Waals surface area contributed by atoms with Crippen LogP contribution in [0.3, 0.4) is 0 Å². The number of H-pyrrole nitrogens is 1. The summed E-state index contributed by atoms with van der Waals surface area (Å²) >= 11 is 11.8. The van der Waals surface area contributed by atoms with Gasteiger partial charge >= 0.3 is 0 Å². The molecule has 3 N–H and O–H groups in total. The molecular weight excluding hydrogens is 335 g/mol. The second kappa shape index (κ2) is 6.62. The topological polar surface area (TPSA) is 65.1 Å². The van der Waals surface area contributed by atoms with Gasteiger partial charge in [0.05, 0.1) is 6.10 Å². The SMILES string of the molecule is O=C(NCC(O)c1cc(Cl)cc(Cl)c1)c1cccc2[nH]ccc12. The Morgan fingerprint density at radius 3 is 2.65 bits per heavy atom. The fraction of sp³-hybridized carbons (Fsp3) is 0.118. The van der Waals surface area contributed by atoms with Gasteiger partial charge in [-0.15, -0.1) is 0 Å². The van der Waals surface area contributed by atoms with Crippen molar-refractivity contribution in [2.45, 2.75) is 6.10 Å². The van der Waals surface area contributed by atoms with Crippen LogP contribution >= 0.6 is 23.2 Å². The number of hydrogen-bond acceptors (Lipinski definition) is 2. The molecular formula is C17H14Cl2N2O2. The largest absolute Gasteiger partial charge is 0.387 e. The quantitative estimate of drug-likeness (QED) is 0.668. The second-order valence-corrected chi connectivity index (χ2v) is 6.05. The molecule has 1 amide bonds. The van der Waals surface area contributed by atoms with Crippen LogP contribution in [0.1, 0.15) is 22.0 Å². The van der Waals surface area contributed by atoms with Crippen molar-refractivity contribution in [2.75, 3.05) is 6.54 Å². The van der Waals surface area contributed by atoms with Crippen LogP contribution in [0.15, 0.2) is 48.7 Å². The third-order valence-corrected chi connectivity index (χ3v) is 4.00. The van der Waals surface area contributed by atoms with Crippen molar-refractivity contribution in [2.24, 2.45) is 0 Å². The van der Waals surface area contributed by atoms with Crippen LogP contribution in [-0.4, -0.2) is 22.5 Å².